The number of aryl methyl sites for hydroxylation is 1. The van der Waals surface area contributed by atoms with Crippen molar-refractivity contribution in [3.8, 4) is 17.1 Å². The first-order valence-corrected chi connectivity index (χ1v) is 12.0. The molecule has 8 heteroatoms. The Morgan fingerprint density at radius 1 is 1.09 bits per heavy atom. The summed E-state index contributed by atoms with van der Waals surface area (Å²) in [6.07, 6.45) is 8.53. The molecule has 3 N–H and O–H groups in total. The van der Waals surface area contributed by atoms with Crippen LogP contribution >= 0.6 is 0 Å². The third-order valence-corrected chi connectivity index (χ3v) is 4.96. The van der Waals surface area contributed by atoms with E-state index in [9.17, 15) is 9.90 Å². The zero-order valence-corrected chi connectivity index (χ0v) is 21.4. The Bertz CT molecular complexity index is 794. The average Bonchev–Trinajstić information content (AvgIpc) is 3.19. The zero-order valence-electron chi connectivity index (χ0n) is 21.4. The molecule has 0 aliphatic heterocycles. The van der Waals surface area contributed by atoms with Gasteiger partial charge in [0.1, 0.15) is 12.5 Å². The summed E-state index contributed by atoms with van der Waals surface area (Å²) in [4.78, 5) is 11.8. The number of hydrogen-bond donors (Lipinski definition) is 3. The third kappa shape index (κ3) is 12.6. The first kappa shape index (κ1) is 29.5. The molecule has 1 heterocycles. The molecule has 8 nitrogen and oxygen atoms in total. The van der Waals surface area contributed by atoms with Crippen molar-refractivity contribution in [1.29, 1.82) is 0 Å². The van der Waals surface area contributed by atoms with Crippen LogP contribution in [0, 0.1) is 12.3 Å². The number of aliphatic hydroxyl groups excluding tert-OH is 1. The van der Waals surface area contributed by atoms with Crippen molar-refractivity contribution in [3.05, 3.63) is 35.5 Å². The summed E-state index contributed by atoms with van der Waals surface area (Å²) >= 11 is 0. The van der Waals surface area contributed by atoms with E-state index in [1.54, 1.807) is 24.3 Å². The molecule has 2 aromatic rings. The van der Waals surface area contributed by atoms with Crippen molar-refractivity contribution < 1.29 is 29.0 Å². The quantitative estimate of drug-likeness (QED) is 0.440. The topological polar surface area (TPSA) is 114 Å². The minimum Gasteiger partial charge on any atom is -0.508 e. The van der Waals surface area contributed by atoms with Gasteiger partial charge in [0, 0.05) is 17.7 Å². The molecule has 1 amide bonds. The monoisotopic (exact) mass is 478 g/mol. The molecule has 1 fully saturated rings. The van der Waals surface area contributed by atoms with Crippen molar-refractivity contribution in [2.24, 2.45) is 5.41 Å². The predicted octanol–water partition coefficient (Wildman–Crippen LogP) is 5.94. The Hall–Kier alpha value is -2.58. The molecule has 1 aliphatic carbocycles. The number of phenolic OH excluding ortho intramolecular Hbond substituents is 1. The van der Waals surface area contributed by atoms with Gasteiger partial charge in [-0.3, -0.25) is 0 Å². The third-order valence-electron chi connectivity index (χ3n) is 4.96. The van der Waals surface area contributed by atoms with Gasteiger partial charge in [-0.2, -0.15) is 0 Å². The first-order chi connectivity index (χ1) is 16.2. The molecule has 192 valence electrons. The normalized spacial score (nSPS) is 13.1. The smallest absolute Gasteiger partial charge is 0.407 e. The predicted molar refractivity (Wildman–Crippen MR) is 132 cm³/mol. The molecule has 0 atom stereocenters. The molecule has 0 unspecified atom stereocenters. The summed E-state index contributed by atoms with van der Waals surface area (Å²) in [6, 6.07) is 6.61. The lowest BCUT2D eigenvalue weighted by Gasteiger charge is -2.17. The molecule has 1 aromatic heterocycles. The van der Waals surface area contributed by atoms with E-state index in [2.05, 4.69) is 15.2 Å². The molecule has 34 heavy (non-hydrogen) atoms. The van der Waals surface area contributed by atoms with Crippen LogP contribution in [0.2, 0.25) is 0 Å². The molecule has 1 saturated carbocycles. The standard InChI is InChI=1S/C17H22N2O4.C6H12.C3H8O2/c1-11-14(9-18-16(21)22-10-17(2,3)4)15(23-19-11)12-5-7-13(20)8-6-12;1-2-4-6-5-3-1;1-2-5-3-4/h5-8,20H,9-10H2,1-4H3,(H,18,21);1-6H2;4H,2-3H2,1H3. The Morgan fingerprint density at radius 2 is 1.65 bits per heavy atom. The fourth-order valence-corrected chi connectivity index (χ4v) is 3.08. The second-order valence-electron chi connectivity index (χ2n) is 9.36. The van der Waals surface area contributed by atoms with Gasteiger partial charge < -0.3 is 29.5 Å². The number of ether oxygens (including phenoxy) is 2. The highest BCUT2D eigenvalue weighted by molar-refractivity contribution is 5.68. The summed E-state index contributed by atoms with van der Waals surface area (Å²) in [6.45, 7) is 10.7. The van der Waals surface area contributed by atoms with E-state index in [1.165, 1.54) is 38.5 Å². The van der Waals surface area contributed by atoms with Crippen LogP contribution in [-0.4, -0.2) is 41.5 Å². The lowest BCUT2D eigenvalue weighted by atomic mass is 9.99. The van der Waals surface area contributed by atoms with E-state index in [4.69, 9.17) is 14.4 Å². The molecular formula is C26H42N2O6. The molecule has 1 aliphatic rings. The number of aromatic nitrogens is 1. The highest BCUT2D eigenvalue weighted by Crippen LogP contribution is 2.27. The van der Waals surface area contributed by atoms with Crippen LogP contribution in [-0.2, 0) is 16.0 Å². The molecule has 0 saturated heterocycles. The van der Waals surface area contributed by atoms with Crippen molar-refractivity contribution >= 4 is 6.09 Å². The van der Waals surface area contributed by atoms with E-state index in [0.717, 1.165) is 11.1 Å². The minimum atomic E-state index is -0.475. The van der Waals surface area contributed by atoms with Gasteiger partial charge >= 0.3 is 6.09 Å². The van der Waals surface area contributed by atoms with Crippen molar-refractivity contribution in [3.63, 3.8) is 0 Å². The number of aromatic hydroxyl groups is 1. The largest absolute Gasteiger partial charge is 0.508 e. The number of alkyl carbamates (subject to hydrolysis) is 1. The van der Waals surface area contributed by atoms with E-state index < -0.39 is 6.09 Å². The maximum atomic E-state index is 11.8. The Morgan fingerprint density at radius 3 is 2.09 bits per heavy atom. The number of phenols is 1. The Kier molecular flexibility index (Phi) is 14.0. The highest BCUT2D eigenvalue weighted by atomic mass is 16.6. The number of nitrogens with zero attached hydrogens (tertiary/aromatic N) is 1. The first-order valence-electron chi connectivity index (χ1n) is 12.0. The maximum Gasteiger partial charge on any atom is 0.407 e. The minimum absolute atomic E-state index is 0.0817. The molecular weight excluding hydrogens is 436 g/mol. The number of hydrogen-bond acceptors (Lipinski definition) is 7. The van der Waals surface area contributed by atoms with Crippen LogP contribution in [0.5, 0.6) is 5.75 Å². The van der Waals surface area contributed by atoms with Gasteiger partial charge in [0.15, 0.2) is 5.76 Å². The summed E-state index contributed by atoms with van der Waals surface area (Å²) in [5, 5.41) is 23.9. The second kappa shape index (κ2) is 16.1. The van der Waals surface area contributed by atoms with Crippen LogP contribution in [0.15, 0.2) is 28.8 Å². The van der Waals surface area contributed by atoms with Gasteiger partial charge in [-0.05, 0) is 43.5 Å². The van der Waals surface area contributed by atoms with Crippen molar-refractivity contribution in [1.82, 2.24) is 10.5 Å². The SMILES string of the molecule is C1CCCCC1.CCOCO.Cc1noc(-c2ccc(O)cc2)c1CNC(=O)OCC(C)(C)C. The lowest BCUT2D eigenvalue weighted by Crippen LogP contribution is -2.28. The van der Waals surface area contributed by atoms with Crippen LogP contribution < -0.4 is 5.32 Å². The molecule has 1 aromatic carbocycles. The molecule has 0 radical (unpaired) electrons. The summed E-state index contributed by atoms with van der Waals surface area (Å²) in [5.74, 6) is 0.744. The number of nitrogens with one attached hydrogen (secondary N) is 1. The van der Waals surface area contributed by atoms with Crippen molar-refractivity contribution in [2.75, 3.05) is 20.0 Å². The lowest BCUT2D eigenvalue weighted by molar-refractivity contribution is 0.00539. The van der Waals surface area contributed by atoms with Crippen LogP contribution in [0.4, 0.5) is 4.79 Å². The van der Waals surface area contributed by atoms with Gasteiger partial charge in [-0.15, -0.1) is 0 Å². The second-order valence-corrected chi connectivity index (χ2v) is 9.36. The Labute approximate surface area is 203 Å². The van der Waals surface area contributed by atoms with E-state index in [-0.39, 0.29) is 24.5 Å². The van der Waals surface area contributed by atoms with Gasteiger partial charge in [0.2, 0.25) is 0 Å². The summed E-state index contributed by atoms with van der Waals surface area (Å²) < 4.78 is 14.9. The average molecular weight is 479 g/mol. The van der Waals surface area contributed by atoms with E-state index in [1.807, 2.05) is 34.6 Å². The van der Waals surface area contributed by atoms with Crippen molar-refractivity contribution in [2.45, 2.75) is 79.7 Å². The maximum absolute atomic E-state index is 11.8. The highest BCUT2D eigenvalue weighted by Gasteiger charge is 2.17. The molecule has 0 spiro atoms. The number of amides is 1. The van der Waals surface area contributed by atoms with Gasteiger partial charge in [-0.1, -0.05) is 64.5 Å². The number of rotatable bonds is 6. The van der Waals surface area contributed by atoms with Gasteiger partial charge in [-0.25, -0.2) is 4.79 Å². The number of benzene rings is 1. The van der Waals surface area contributed by atoms with Gasteiger partial charge in [0.05, 0.1) is 18.8 Å². The Balaban J connectivity index is 0.000000431. The van der Waals surface area contributed by atoms with Gasteiger partial charge in [0.25, 0.3) is 0 Å². The zero-order chi connectivity index (χ0) is 25.4. The van der Waals surface area contributed by atoms with Crippen LogP contribution in [0.1, 0.15) is 77.5 Å². The number of aliphatic hydroxyl groups is 1. The van der Waals surface area contributed by atoms with Crippen LogP contribution in [0.3, 0.4) is 0 Å². The van der Waals surface area contributed by atoms with E-state index in [0.29, 0.717) is 24.7 Å². The molecule has 0 bridgehead atoms. The van der Waals surface area contributed by atoms with Crippen LogP contribution in [0.25, 0.3) is 11.3 Å². The number of carbonyl (C=O) groups is 1. The molecule has 3 rings (SSSR count). The fourth-order valence-electron chi connectivity index (χ4n) is 3.08. The fraction of sp³-hybridized carbons (Fsp3) is 0.615. The summed E-state index contributed by atoms with van der Waals surface area (Å²) in [5.41, 5.74) is 2.18. The number of carbonyl (C=O) groups excluding carboxylic acids is 1. The summed E-state index contributed by atoms with van der Waals surface area (Å²) in [7, 11) is 0. The van der Waals surface area contributed by atoms with E-state index >= 15 is 0 Å².